The van der Waals surface area contributed by atoms with Crippen molar-refractivity contribution in [3.05, 3.63) is 57.9 Å². The summed E-state index contributed by atoms with van der Waals surface area (Å²) in [5, 5.41) is 10.9. The second-order valence-corrected chi connectivity index (χ2v) is 3.39. The molecule has 0 bridgehead atoms. The highest BCUT2D eigenvalue weighted by molar-refractivity contribution is 6.32. The van der Waals surface area contributed by atoms with Crippen LogP contribution in [-0.2, 0) is 0 Å². The molecular weight excluding hydrogens is 216 g/mol. The molecule has 0 aliphatic carbocycles. The molecule has 1 heterocycles. The van der Waals surface area contributed by atoms with E-state index in [1.54, 1.807) is 10.6 Å². The Hall–Kier alpha value is -1.81. The highest BCUT2D eigenvalue weighted by Crippen LogP contribution is 2.25. The monoisotopic (exact) mass is 222 g/mol. The van der Waals surface area contributed by atoms with Crippen LogP contribution in [0.3, 0.4) is 0 Å². The van der Waals surface area contributed by atoms with Gasteiger partial charge in [0.2, 0.25) is 0 Å². The maximum atomic E-state index is 10.5. The predicted octanol–water partition coefficient (Wildman–Crippen LogP) is 3.04. The first-order valence-corrected chi connectivity index (χ1v) is 4.63. The molecule has 0 amide bonds. The molecule has 5 heteroatoms. The van der Waals surface area contributed by atoms with Crippen molar-refractivity contribution in [1.29, 1.82) is 0 Å². The third-order valence-electron chi connectivity index (χ3n) is 2.02. The molecule has 0 fully saturated rings. The summed E-state index contributed by atoms with van der Waals surface area (Å²) in [6, 6.07) is 8.12. The summed E-state index contributed by atoms with van der Waals surface area (Å²) in [6.07, 6.45) is 3.65. The molecular formula is C10H7ClN2O2. The van der Waals surface area contributed by atoms with Gasteiger partial charge in [0.25, 0.3) is 5.69 Å². The normalized spacial score (nSPS) is 10.2. The van der Waals surface area contributed by atoms with Crippen molar-refractivity contribution in [2.75, 3.05) is 0 Å². The second kappa shape index (κ2) is 3.74. The molecule has 76 valence electrons. The molecule has 0 unspecified atom stereocenters. The van der Waals surface area contributed by atoms with Gasteiger partial charge >= 0.3 is 0 Å². The van der Waals surface area contributed by atoms with E-state index in [-0.39, 0.29) is 5.69 Å². The van der Waals surface area contributed by atoms with Crippen molar-refractivity contribution in [1.82, 2.24) is 4.57 Å². The van der Waals surface area contributed by atoms with E-state index in [4.69, 9.17) is 11.6 Å². The first-order chi connectivity index (χ1) is 7.18. The van der Waals surface area contributed by atoms with Crippen molar-refractivity contribution >= 4 is 17.3 Å². The number of hydrogen-bond donors (Lipinski definition) is 0. The van der Waals surface area contributed by atoms with Crippen LogP contribution in [-0.4, -0.2) is 9.49 Å². The number of hydrogen-bond acceptors (Lipinski definition) is 2. The zero-order valence-corrected chi connectivity index (χ0v) is 8.39. The molecule has 1 aromatic carbocycles. The van der Waals surface area contributed by atoms with Gasteiger partial charge in [0.05, 0.1) is 15.6 Å². The number of halogens is 1. The molecule has 0 aliphatic heterocycles. The Morgan fingerprint density at radius 1 is 1.27 bits per heavy atom. The van der Waals surface area contributed by atoms with Gasteiger partial charge in [-0.3, -0.25) is 10.1 Å². The molecule has 0 N–H and O–H groups in total. The van der Waals surface area contributed by atoms with Crippen LogP contribution in [0.1, 0.15) is 0 Å². The van der Waals surface area contributed by atoms with E-state index in [2.05, 4.69) is 0 Å². The predicted molar refractivity (Wildman–Crippen MR) is 57.4 cm³/mol. The summed E-state index contributed by atoms with van der Waals surface area (Å²) in [5.74, 6) is 0. The Balaban J connectivity index is 2.48. The molecule has 0 saturated heterocycles. The number of benzene rings is 1. The lowest BCUT2D eigenvalue weighted by atomic mass is 10.3. The molecule has 0 atom stereocenters. The lowest BCUT2D eigenvalue weighted by molar-refractivity contribution is -0.384. The first kappa shape index (κ1) is 9.73. The number of nitro benzene ring substituents is 1. The third-order valence-corrected chi connectivity index (χ3v) is 2.33. The van der Waals surface area contributed by atoms with Crippen LogP contribution in [0.25, 0.3) is 5.69 Å². The van der Waals surface area contributed by atoms with Crippen LogP contribution < -0.4 is 0 Å². The van der Waals surface area contributed by atoms with Crippen LogP contribution in [0.15, 0.2) is 42.7 Å². The number of rotatable bonds is 2. The minimum absolute atomic E-state index is 0.00379. The number of non-ortho nitro benzene ring substituents is 1. The van der Waals surface area contributed by atoms with Crippen molar-refractivity contribution in [3.63, 3.8) is 0 Å². The maximum absolute atomic E-state index is 10.5. The van der Waals surface area contributed by atoms with Crippen molar-refractivity contribution in [2.45, 2.75) is 0 Å². The van der Waals surface area contributed by atoms with E-state index in [9.17, 15) is 10.1 Å². The van der Waals surface area contributed by atoms with Gasteiger partial charge in [0.1, 0.15) is 0 Å². The van der Waals surface area contributed by atoms with E-state index in [1.165, 1.54) is 12.1 Å². The van der Waals surface area contributed by atoms with Crippen LogP contribution in [0.2, 0.25) is 5.02 Å². The maximum Gasteiger partial charge on any atom is 0.271 e. The number of aromatic nitrogens is 1. The Morgan fingerprint density at radius 2 is 1.93 bits per heavy atom. The van der Waals surface area contributed by atoms with E-state index >= 15 is 0 Å². The summed E-state index contributed by atoms with van der Waals surface area (Å²) in [6.45, 7) is 0. The van der Waals surface area contributed by atoms with E-state index in [1.807, 2.05) is 24.5 Å². The van der Waals surface area contributed by atoms with Gasteiger partial charge in [-0.15, -0.1) is 0 Å². The van der Waals surface area contributed by atoms with Gasteiger partial charge in [-0.05, 0) is 18.2 Å². The lowest BCUT2D eigenvalue weighted by Crippen LogP contribution is -1.93. The van der Waals surface area contributed by atoms with Gasteiger partial charge in [0.15, 0.2) is 0 Å². The summed E-state index contributed by atoms with van der Waals surface area (Å²) in [5.41, 5.74) is 0.725. The van der Waals surface area contributed by atoms with Crippen molar-refractivity contribution < 1.29 is 4.92 Å². The Bertz CT molecular complexity index is 494. The smallest absolute Gasteiger partial charge is 0.271 e. The summed E-state index contributed by atoms with van der Waals surface area (Å²) in [4.78, 5) is 10.0. The van der Waals surface area contributed by atoms with Gasteiger partial charge in [0, 0.05) is 24.5 Å². The average molecular weight is 223 g/mol. The van der Waals surface area contributed by atoms with Crippen LogP contribution in [0.5, 0.6) is 0 Å². The Labute approximate surface area is 90.9 Å². The Morgan fingerprint density at radius 3 is 2.47 bits per heavy atom. The molecule has 1 aromatic heterocycles. The zero-order valence-electron chi connectivity index (χ0n) is 7.63. The van der Waals surface area contributed by atoms with E-state index < -0.39 is 4.92 Å². The Kier molecular flexibility index (Phi) is 2.43. The molecule has 2 rings (SSSR count). The molecule has 0 spiro atoms. The van der Waals surface area contributed by atoms with E-state index in [0.29, 0.717) is 5.02 Å². The standard InChI is InChI=1S/C10H7ClN2O2/c11-9-7-8(13(14)15)3-4-10(9)12-5-1-2-6-12/h1-7H. The first-order valence-electron chi connectivity index (χ1n) is 4.26. The SMILES string of the molecule is O=[N+]([O-])c1ccc(-n2cccc2)c(Cl)c1. The number of nitro groups is 1. The van der Waals surface area contributed by atoms with Crippen molar-refractivity contribution in [2.24, 2.45) is 0 Å². The van der Waals surface area contributed by atoms with Gasteiger partial charge < -0.3 is 4.57 Å². The molecule has 4 nitrogen and oxygen atoms in total. The molecule has 0 aliphatic rings. The highest BCUT2D eigenvalue weighted by atomic mass is 35.5. The summed E-state index contributed by atoms with van der Waals surface area (Å²) in [7, 11) is 0. The molecule has 0 saturated carbocycles. The van der Waals surface area contributed by atoms with Crippen LogP contribution >= 0.6 is 11.6 Å². The fourth-order valence-electron chi connectivity index (χ4n) is 1.31. The topological polar surface area (TPSA) is 48.1 Å². The van der Waals surface area contributed by atoms with Crippen molar-refractivity contribution in [3.8, 4) is 5.69 Å². The fourth-order valence-corrected chi connectivity index (χ4v) is 1.59. The van der Waals surface area contributed by atoms with Gasteiger partial charge in [-0.2, -0.15) is 0 Å². The minimum atomic E-state index is -0.467. The lowest BCUT2D eigenvalue weighted by Gasteiger charge is -2.04. The molecule has 0 radical (unpaired) electrons. The molecule has 2 aromatic rings. The van der Waals surface area contributed by atoms with Gasteiger partial charge in [-0.25, -0.2) is 0 Å². The third kappa shape index (κ3) is 1.85. The number of nitrogens with zero attached hydrogens (tertiary/aromatic N) is 2. The quantitative estimate of drug-likeness (QED) is 0.579. The molecule has 15 heavy (non-hydrogen) atoms. The summed E-state index contributed by atoms with van der Waals surface area (Å²) < 4.78 is 1.80. The highest BCUT2D eigenvalue weighted by Gasteiger charge is 2.09. The zero-order chi connectivity index (χ0) is 10.8. The largest absolute Gasteiger partial charge is 0.322 e. The fraction of sp³-hybridized carbons (Fsp3) is 0. The van der Waals surface area contributed by atoms with Gasteiger partial charge in [-0.1, -0.05) is 11.6 Å². The summed E-state index contributed by atoms with van der Waals surface area (Å²) >= 11 is 5.94. The minimum Gasteiger partial charge on any atom is -0.322 e. The van der Waals surface area contributed by atoms with Crippen LogP contribution in [0, 0.1) is 10.1 Å². The second-order valence-electron chi connectivity index (χ2n) is 2.98. The van der Waals surface area contributed by atoms with E-state index in [0.717, 1.165) is 5.69 Å². The average Bonchev–Trinajstić information content (AvgIpc) is 2.70. The van der Waals surface area contributed by atoms with Crippen LogP contribution in [0.4, 0.5) is 5.69 Å².